The fourth-order valence-electron chi connectivity index (χ4n) is 2.88. The zero-order chi connectivity index (χ0) is 18.4. The zero-order valence-electron chi connectivity index (χ0n) is 14.7. The van der Waals surface area contributed by atoms with Gasteiger partial charge in [-0.3, -0.25) is 4.79 Å². The molecule has 0 saturated carbocycles. The Balaban J connectivity index is 1.65. The topological polar surface area (TPSA) is 56.2 Å². The molecule has 3 rings (SSSR count). The van der Waals surface area contributed by atoms with Gasteiger partial charge < -0.3 is 14.6 Å². The summed E-state index contributed by atoms with van der Waals surface area (Å²) < 4.78 is 7.98. The van der Waals surface area contributed by atoms with E-state index >= 15 is 0 Å². The summed E-state index contributed by atoms with van der Waals surface area (Å²) in [5.41, 5.74) is 2.07. The Morgan fingerprint density at radius 1 is 1.19 bits per heavy atom. The summed E-state index contributed by atoms with van der Waals surface area (Å²) in [5.74, 6) is 1.65. The molecule has 1 N–H and O–H groups in total. The molecule has 6 heteroatoms. The van der Waals surface area contributed by atoms with Crippen molar-refractivity contribution in [1.29, 1.82) is 0 Å². The predicted molar refractivity (Wildman–Crippen MR) is 104 cm³/mol. The molecule has 0 aliphatic heterocycles. The molecule has 1 amide bonds. The van der Waals surface area contributed by atoms with Crippen LogP contribution in [0.5, 0.6) is 5.75 Å². The number of imidazole rings is 1. The van der Waals surface area contributed by atoms with E-state index in [9.17, 15) is 4.79 Å². The fraction of sp³-hybridized carbons (Fsp3) is 0.300. The van der Waals surface area contributed by atoms with Crippen molar-refractivity contribution in [3.63, 3.8) is 0 Å². The lowest BCUT2D eigenvalue weighted by atomic mass is 10.3. The number of rotatable bonds is 8. The average Bonchev–Trinajstić information content (AvgIpc) is 2.97. The average molecular weight is 372 g/mol. The maximum atomic E-state index is 11.1. The van der Waals surface area contributed by atoms with Crippen LogP contribution < -0.4 is 10.1 Å². The summed E-state index contributed by atoms with van der Waals surface area (Å²) in [5, 5.41) is 3.45. The summed E-state index contributed by atoms with van der Waals surface area (Å²) >= 11 is 6.11. The van der Waals surface area contributed by atoms with E-state index in [1.54, 1.807) is 0 Å². The van der Waals surface area contributed by atoms with Crippen LogP contribution in [-0.2, 0) is 17.8 Å². The normalized spacial score (nSPS) is 10.8. The van der Waals surface area contributed by atoms with Crippen molar-refractivity contribution in [1.82, 2.24) is 14.9 Å². The maximum absolute atomic E-state index is 11.1. The first-order valence-corrected chi connectivity index (χ1v) is 9.09. The lowest BCUT2D eigenvalue weighted by Gasteiger charge is -2.11. The number of aryl methyl sites for hydroxylation is 1. The highest BCUT2D eigenvalue weighted by molar-refractivity contribution is 6.32. The second-order valence-electron chi connectivity index (χ2n) is 6.03. The van der Waals surface area contributed by atoms with Gasteiger partial charge in [0.1, 0.15) is 11.6 Å². The Labute approximate surface area is 157 Å². The number of benzene rings is 2. The Kier molecular flexibility index (Phi) is 6.12. The molecule has 0 bridgehead atoms. The van der Waals surface area contributed by atoms with Crippen molar-refractivity contribution in [2.45, 2.75) is 26.3 Å². The van der Waals surface area contributed by atoms with Gasteiger partial charge >= 0.3 is 0 Å². The number of aromatic nitrogens is 2. The standard InChI is InChI=1S/C20H22ClN3O2/c1-15(25)22-12-11-20-23-17-8-3-4-9-18(17)24(20)13-6-14-26-19-10-5-2-7-16(19)21/h2-5,7-10H,6,11-14H2,1H3,(H,22,25). The summed E-state index contributed by atoms with van der Waals surface area (Å²) in [6.07, 6.45) is 1.53. The molecule has 0 saturated heterocycles. The lowest BCUT2D eigenvalue weighted by molar-refractivity contribution is -0.118. The number of para-hydroxylation sites is 3. The van der Waals surface area contributed by atoms with E-state index < -0.39 is 0 Å². The summed E-state index contributed by atoms with van der Waals surface area (Å²) in [4.78, 5) is 15.8. The number of fused-ring (bicyclic) bond motifs is 1. The Morgan fingerprint density at radius 2 is 1.96 bits per heavy atom. The first-order valence-electron chi connectivity index (χ1n) is 8.71. The van der Waals surface area contributed by atoms with E-state index in [2.05, 4.69) is 16.0 Å². The number of halogens is 1. The Hall–Kier alpha value is -2.53. The molecule has 0 radical (unpaired) electrons. The fourth-order valence-corrected chi connectivity index (χ4v) is 3.07. The van der Waals surface area contributed by atoms with Gasteiger partial charge in [-0.25, -0.2) is 4.98 Å². The highest BCUT2D eigenvalue weighted by atomic mass is 35.5. The van der Waals surface area contributed by atoms with Crippen LogP contribution in [-0.4, -0.2) is 28.6 Å². The van der Waals surface area contributed by atoms with Crippen molar-refractivity contribution >= 4 is 28.5 Å². The molecule has 1 heterocycles. The second kappa shape index (κ2) is 8.72. The molecule has 0 aliphatic rings. The number of carbonyl (C=O) groups excluding carboxylic acids is 1. The zero-order valence-corrected chi connectivity index (χ0v) is 15.5. The highest BCUT2D eigenvalue weighted by Crippen LogP contribution is 2.23. The molecule has 2 aromatic carbocycles. The van der Waals surface area contributed by atoms with Crippen LogP contribution in [0.2, 0.25) is 5.02 Å². The number of hydrogen-bond donors (Lipinski definition) is 1. The van der Waals surface area contributed by atoms with Gasteiger partial charge in [0.2, 0.25) is 5.91 Å². The number of carbonyl (C=O) groups is 1. The molecule has 136 valence electrons. The van der Waals surface area contributed by atoms with Crippen molar-refractivity contribution in [2.75, 3.05) is 13.2 Å². The van der Waals surface area contributed by atoms with Crippen LogP contribution >= 0.6 is 11.6 Å². The molecule has 0 atom stereocenters. The maximum Gasteiger partial charge on any atom is 0.216 e. The number of amides is 1. The van der Waals surface area contributed by atoms with Gasteiger partial charge in [-0.05, 0) is 30.7 Å². The highest BCUT2D eigenvalue weighted by Gasteiger charge is 2.10. The van der Waals surface area contributed by atoms with Crippen LogP contribution in [0.4, 0.5) is 0 Å². The van der Waals surface area contributed by atoms with Gasteiger partial charge in [0.25, 0.3) is 0 Å². The SMILES string of the molecule is CC(=O)NCCc1nc2ccccc2n1CCCOc1ccccc1Cl. The first-order chi connectivity index (χ1) is 12.6. The minimum absolute atomic E-state index is 0.0270. The molecular formula is C20H22ClN3O2. The van der Waals surface area contributed by atoms with Crippen molar-refractivity contribution in [2.24, 2.45) is 0 Å². The summed E-state index contributed by atoms with van der Waals surface area (Å²) in [6.45, 7) is 3.46. The quantitative estimate of drug-likeness (QED) is 0.612. The lowest BCUT2D eigenvalue weighted by Crippen LogP contribution is -2.23. The number of hydrogen-bond acceptors (Lipinski definition) is 3. The third-order valence-corrected chi connectivity index (χ3v) is 4.39. The molecule has 0 fully saturated rings. The van der Waals surface area contributed by atoms with E-state index in [4.69, 9.17) is 21.3 Å². The van der Waals surface area contributed by atoms with Gasteiger partial charge in [-0.15, -0.1) is 0 Å². The van der Waals surface area contributed by atoms with Crippen LogP contribution in [0, 0.1) is 0 Å². The van der Waals surface area contributed by atoms with Crippen LogP contribution in [0.15, 0.2) is 48.5 Å². The van der Waals surface area contributed by atoms with E-state index in [1.165, 1.54) is 6.92 Å². The Bertz CT molecular complexity index is 892. The van der Waals surface area contributed by atoms with Crippen LogP contribution in [0.3, 0.4) is 0 Å². The van der Waals surface area contributed by atoms with Gasteiger partial charge in [0.05, 0.1) is 22.7 Å². The molecule has 0 spiro atoms. The first kappa shape index (κ1) is 18.3. The van der Waals surface area contributed by atoms with E-state index in [0.29, 0.717) is 30.3 Å². The van der Waals surface area contributed by atoms with Crippen molar-refractivity contribution in [3.05, 3.63) is 59.4 Å². The van der Waals surface area contributed by atoms with Gasteiger partial charge in [0.15, 0.2) is 0 Å². The van der Waals surface area contributed by atoms with E-state index in [0.717, 1.165) is 29.8 Å². The van der Waals surface area contributed by atoms with Gasteiger partial charge in [0, 0.05) is 26.4 Å². The molecule has 1 aromatic heterocycles. The van der Waals surface area contributed by atoms with Crippen LogP contribution in [0.25, 0.3) is 11.0 Å². The predicted octanol–water partition coefficient (Wildman–Crippen LogP) is 3.84. The molecular weight excluding hydrogens is 350 g/mol. The number of nitrogens with zero attached hydrogens (tertiary/aromatic N) is 2. The monoisotopic (exact) mass is 371 g/mol. The Morgan fingerprint density at radius 3 is 2.77 bits per heavy atom. The summed E-state index contributed by atoms with van der Waals surface area (Å²) in [6, 6.07) is 15.6. The van der Waals surface area contributed by atoms with Crippen LogP contribution in [0.1, 0.15) is 19.2 Å². The number of ether oxygens (including phenoxy) is 1. The summed E-state index contributed by atoms with van der Waals surface area (Å²) in [7, 11) is 0. The van der Waals surface area contributed by atoms with Gasteiger partial charge in [-0.2, -0.15) is 0 Å². The van der Waals surface area contributed by atoms with Crippen molar-refractivity contribution in [3.8, 4) is 5.75 Å². The number of nitrogens with one attached hydrogen (secondary N) is 1. The second-order valence-corrected chi connectivity index (χ2v) is 6.44. The van der Waals surface area contributed by atoms with E-state index in [1.807, 2.05) is 42.5 Å². The molecule has 26 heavy (non-hydrogen) atoms. The van der Waals surface area contributed by atoms with Gasteiger partial charge in [-0.1, -0.05) is 35.9 Å². The van der Waals surface area contributed by atoms with E-state index in [-0.39, 0.29) is 5.91 Å². The minimum atomic E-state index is -0.0270. The molecule has 0 aliphatic carbocycles. The largest absolute Gasteiger partial charge is 0.492 e. The third kappa shape index (κ3) is 4.55. The smallest absolute Gasteiger partial charge is 0.216 e. The molecule has 0 unspecified atom stereocenters. The third-order valence-electron chi connectivity index (χ3n) is 4.08. The molecule has 5 nitrogen and oxygen atoms in total. The minimum Gasteiger partial charge on any atom is -0.492 e. The molecule has 3 aromatic rings. The van der Waals surface area contributed by atoms with Crippen molar-refractivity contribution < 1.29 is 9.53 Å².